The average molecular weight is 307 g/mol. The molecule has 1 rings (SSSR count). The number of benzene rings is 1. The minimum Gasteiger partial charge on any atom is -0.395 e. The Morgan fingerprint density at radius 1 is 1.30 bits per heavy atom. The molecule has 1 amide bonds. The van der Waals surface area contributed by atoms with Crippen molar-refractivity contribution in [2.75, 3.05) is 26.0 Å². The molecule has 0 atom stereocenters. The van der Waals surface area contributed by atoms with E-state index in [1.54, 1.807) is 23.9 Å². The lowest BCUT2D eigenvalue weighted by molar-refractivity contribution is -0.141. The van der Waals surface area contributed by atoms with Gasteiger partial charge in [-0.2, -0.15) is 24.9 Å². The van der Waals surface area contributed by atoms with Gasteiger partial charge in [0.15, 0.2) is 0 Å². The summed E-state index contributed by atoms with van der Waals surface area (Å²) in [4.78, 5) is 12.6. The quantitative estimate of drug-likeness (QED) is 0.878. The first-order chi connectivity index (χ1) is 9.37. The number of carbonyl (C=O) groups is 1. The minimum absolute atomic E-state index is 0.188. The van der Waals surface area contributed by atoms with Gasteiger partial charge in [0.1, 0.15) is 6.54 Å². The smallest absolute Gasteiger partial charge is 0.395 e. The fraction of sp³-hybridized carbons (Fsp3) is 0.462. The molecule has 0 bridgehead atoms. The SMILES string of the molecule is CSCc1ccc(C(=O)N(CCO)CC(F)(F)F)cc1. The molecule has 0 aliphatic carbocycles. The Morgan fingerprint density at radius 2 is 1.90 bits per heavy atom. The number of hydrogen-bond donors (Lipinski definition) is 1. The van der Waals surface area contributed by atoms with E-state index in [1.807, 2.05) is 6.26 Å². The van der Waals surface area contributed by atoms with Crippen molar-refractivity contribution in [2.24, 2.45) is 0 Å². The van der Waals surface area contributed by atoms with Gasteiger partial charge in [-0.15, -0.1) is 0 Å². The summed E-state index contributed by atoms with van der Waals surface area (Å²) in [5.74, 6) is 0.0456. The van der Waals surface area contributed by atoms with Crippen molar-refractivity contribution in [3.63, 3.8) is 0 Å². The van der Waals surface area contributed by atoms with E-state index in [9.17, 15) is 18.0 Å². The molecule has 0 saturated heterocycles. The summed E-state index contributed by atoms with van der Waals surface area (Å²) in [5.41, 5.74) is 1.19. The molecular formula is C13H16F3NO2S. The molecule has 0 radical (unpaired) electrons. The Hall–Kier alpha value is -1.21. The molecule has 0 aromatic heterocycles. The monoisotopic (exact) mass is 307 g/mol. The van der Waals surface area contributed by atoms with Crippen molar-refractivity contribution in [1.82, 2.24) is 4.90 Å². The Kier molecular flexibility index (Phi) is 6.35. The predicted octanol–water partition coefficient (Wildman–Crippen LogP) is 2.55. The van der Waals surface area contributed by atoms with Crippen LogP contribution in [0.3, 0.4) is 0 Å². The molecule has 7 heteroatoms. The van der Waals surface area contributed by atoms with Crippen molar-refractivity contribution < 1.29 is 23.1 Å². The van der Waals surface area contributed by atoms with Gasteiger partial charge in [0.2, 0.25) is 0 Å². The largest absolute Gasteiger partial charge is 0.406 e. The third-order valence-electron chi connectivity index (χ3n) is 2.54. The summed E-state index contributed by atoms with van der Waals surface area (Å²) in [6, 6.07) is 6.45. The van der Waals surface area contributed by atoms with Crippen molar-refractivity contribution in [2.45, 2.75) is 11.9 Å². The van der Waals surface area contributed by atoms with Crippen LogP contribution in [0.2, 0.25) is 0 Å². The van der Waals surface area contributed by atoms with Crippen LogP contribution in [-0.2, 0) is 5.75 Å². The summed E-state index contributed by atoms with van der Waals surface area (Å²) in [6.45, 7) is -2.21. The third-order valence-corrected chi connectivity index (χ3v) is 3.16. The second-order valence-electron chi connectivity index (χ2n) is 4.20. The third kappa shape index (κ3) is 5.42. The van der Waals surface area contributed by atoms with E-state index in [2.05, 4.69) is 0 Å². The van der Waals surface area contributed by atoms with Crippen LogP contribution < -0.4 is 0 Å². The maximum Gasteiger partial charge on any atom is 0.406 e. The van der Waals surface area contributed by atoms with Gasteiger partial charge in [-0.3, -0.25) is 4.79 Å². The number of amides is 1. The maximum atomic E-state index is 12.4. The second kappa shape index (κ2) is 7.54. The maximum absolute atomic E-state index is 12.4. The first kappa shape index (κ1) is 16.8. The van der Waals surface area contributed by atoms with E-state index in [1.165, 1.54) is 12.1 Å². The molecule has 1 N–H and O–H groups in total. The topological polar surface area (TPSA) is 40.5 Å². The standard InChI is InChI=1S/C13H16F3NO2S/c1-20-8-10-2-4-11(5-3-10)12(19)17(6-7-18)9-13(14,15)16/h2-5,18H,6-9H2,1H3. The number of nitrogens with zero attached hydrogens (tertiary/aromatic N) is 1. The molecular weight excluding hydrogens is 291 g/mol. The van der Waals surface area contributed by atoms with Gasteiger partial charge in [-0.05, 0) is 24.0 Å². The Morgan fingerprint density at radius 3 is 2.35 bits per heavy atom. The highest BCUT2D eigenvalue weighted by atomic mass is 32.2. The molecule has 0 unspecified atom stereocenters. The molecule has 0 heterocycles. The van der Waals surface area contributed by atoms with E-state index in [0.717, 1.165) is 11.3 Å². The number of carbonyl (C=O) groups excluding carboxylic acids is 1. The van der Waals surface area contributed by atoms with Crippen LogP contribution in [0.1, 0.15) is 15.9 Å². The van der Waals surface area contributed by atoms with Gasteiger partial charge in [0.25, 0.3) is 5.91 Å². The van der Waals surface area contributed by atoms with Gasteiger partial charge in [-0.1, -0.05) is 12.1 Å². The highest BCUT2D eigenvalue weighted by Gasteiger charge is 2.33. The van der Waals surface area contributed by atoms with E-state index < -0.39 is 25.2 Å². The van der Waals surface area contributed by atoms with Crippen LogP contribution in [0.15, 0.2) is 24.3 Å². The van der Waals surface area contributed by atoms with Crippen LogP contribution in [0, 0.1) is 0 Å². The van der Waals surface area contributed by atoms with Crippen molar-refractivity contribution in [3.8, 4) is 0 Å². The van der Waals surface area contributed by atoms with Gasteiger partial charge >= 0.3 is 6.18 Å². The average Bonchev–Trinajstić information content (AvgIpc) is 2.37. The first-order valence-electron chi connectivity index (χ1n) is 5.92. The van der Waals surface area contributed by atoms with Crippen LogP contribution in [-0.4, -0.2) is 48.0 Å². The van der Waals surface area contributed by atoms with Crippen LogP contribution in [0.25, 0.3) is 0 Å². The van der Waals surface area contributed by atoms with Gasteiger partial charge < -0.3 is 10.0 Å². The van der Waals surface area contributed by atoms with Gasteiger partial charge in [-0.25, -0.2) is 0 Å². The van der Waals surface area contributed by atoms with E-state index >= 15 is 0 Å². The Bertz CT molecular complexity index is 434. The number of aliphatic hydroxyl groups excluding tert-OH is 1. The fourth-order valence-corrected chi connectivity index (χ4v) is 2.21. The van der Waals surface area contributed by atoms with Crippen molar-refractivity contribution in [3.05, 3.63) is 35.4 Å². The summed E-state index contributed by atoms with van der Waals surface area (Å²) < 4.78 is 37.2. The molecule has 1 aromatic rings. The lowest BCUT2D eigenvalue weighted by atomic mass is 10.1. The molecule has 1 aromatic carbocycles. The molecule has 0 aliphatic rings. The normalized spacial score (nSPS) is 11.4. The summed E-state index contributed by atoms with van der Waals surface area (Å²) in [6.07, 6.45) is -2.55. The van der Waals surface area contributed by atoms with Gasteiger partial charge in [0.05, 0.1) is 6.61 Å². The molecule has 0 saturated carbocycles. The summed E-state index contributed by atoms with van der Waals surface area (Å²) in [5, 5.41) is 8.78. The molecule has 112 valence electrons. The second-order valence-corrected chi connectivity index (χ2v) is 5.06. The van der Waals surface area contributed by atoms with E-state index in [-0.39, 0.29) is 12.1 Å². The first-order valence-corrected chi connectivity index (χ1v) is 7.31. The lowest BCUT2D eigenvalue weighted by Gasteiger charge is -2.23. The molecule has 3 nitrogen and oxygen atoms in total. The molecule has 0 spiro atoms. The number of halogens is 3. The number of rotatable bonds is 6. The summed E-state index contributed by atoms with van der Waals surface area (Å²) in [7, 11) is 0. The van der Waals surface area contributed by atoms with Crippen molar-refractivity contribution in [1.29, 1.82) is 0 Å². The van der Waals surface area contributed by atoms with Crippen molar-refractivity contribution >= 4 is 17.7 Å². The summed E-state index contributed by atoms with van der Waals surface area (Å²) >= 11 is 1.61. The molecule has 20 heavy (non-hydrogen) atoms. The number of aliphatic hydroxyl groups is 1. The predicted molar refractivity (Wildman–Crippen MR) is 72.7 cm³/mol. The minimum atomic E-state index is -4.48. The Labute approximate surface area is 119 Å². The highest BCUT2D eigenvalue weighted by molar-refractivity contribution is 7.97. The van der Waals surface area contributed by atoms with Crippen LogP contribution in [0.5, 0.6) is 0 Å². The molecule has 0 aliphatic heterocycles. The zero-order chi connectivity index (χ0) is 15.2. The zero-order valence-electron chi connectivity index (χ0n) is 11.0. The lowest BCUT2D eigenvalue weighted by Crippen LogP contribution is -2.40. The highest BCUT2D eigenvalue weighted by Crippen LogP contribution is 2.18. The number of alkyl halides is 3. The zero-order valence-corrected chi connectivity index (χ0v) is 11.8. The van der Waals surface area contributed by atoms with E-state index in [4.69, 9.17) is 5.11 Å². The Balaban J connectivity index is 2.83. The molecule has 0 fully saturated rings. The fourth-order valence-electron chi connectivity index (χ4n) is 1.68. The van der Waals surface area contributed by atoms with Crippen LogP contribution in [0.4, 0.5) is 13.2 Å². The number of hydrogen-bond acceptors (Lipinski definition) is 3. The van der Waals surface area contributed by atoms with Gasteiger partial charge in [0, 0.05) is 17.9 Å². The van der Waals surface area contributed by atoms with E-state index in [0.29, 0.717) is 4.90 Å². The number of thioether (sulfide) groups is 1. The van der Waals surface area contributed by atoms with Crippen LogP contribution >= 0.6 is 11.8 Å².